The van der Waals surface area contributed by atoms with Crippen LogP contribution in [-0.4, -0.2) is 39.0 Å². The number of rotatable bonds is 5. The number of likely N-dealkylation sites (tertiary alicyclic amines) is 1. The Balaban J connectivity index is 1.38. The van der Waals surface area contributed by atoms with Gasteiger partial charge in [-0.2, -0.15) is 4.98 Å². The molecule has 1 aliphatic carbocycles. The lowest BCUT2D eigenvalue weighted by Gasteiger charge is -2.41. The molecule has 3 aromatic rings. The molecule has 6 nitrogen and oxygen atoms in total. The minimum Gasteiger partial charge on any atom is -0.361 e. The Morgan fingerprint density at radius 1 is 1.36 bits per heavy atom. The van der Waals surface area contributed by atoms with Crippen LogP contribution < -0.4 is 0 Å². The molecule has 0 spiro atoms. The third-order valence-corrected chi connectivity index (χ3v) is 6.32. The average molecular weight is 378 g/mol. The van der Waals surface area contributed by atoms with Gasteiger partial charge < -0.3 is 14.4 Å². The molecule has 1 aromatic carbocycles. The number of aromatic amines is 1. The van der Waals surface area contributed by atoms with E-state index in [0.29, 0.717) is 18.9 Å². The van der Waals surface area contributed by atoms with Crippen LogP contribution >= 0.6 is 0 Å². The van der Waals surface area contributed by atoms with Crippen LogP contribution in [0.2, 0.25) is 0 Å². The van der Waals surface area contributed by atoms with Gasteiger partial charge in [0.2, 0.25) is 11.8 Å². The lowest BCUT2D eigenvalue weighted by atomic mass is 9.74. The predicted molar refractivity (Wildman–Crippen MR) is 106 cm³/mol. The molecule has 0 bridgehead atoms. The third kappa shape index (κ3) is 3.21. The van der Waals surface area contributed by atoms with Gasteiger partial charge >= 0.3 is 0 Å². The zero-order valence-electron chi connectivity index (χ0n) is 16.3. The van der Waals surface area contributed by atoms with Gasteiger partial charge in [-0.1, -0.05) is 36.2 Å². The summed E-state index contributed by atoms with van der Waals surface area (Å²) in [6.07, 6.45) is 8.02. The average Bonchev–Trinajstić information content (AvgIpc) is 3.24. The predicted octanol–water partition coefficient (Wildman–Crippen LogP) is 3.76. The van der Waals surface area contributed by atoms with E-state index in [0.717, 1.165) is 54.0 Å². The van der Waals surface area contributed by atoms with Crippen LogP contribution in [0.15, 0.2) is 35.0 Å². The van der Waals surface area contributed by atoms with Crippen molar-refractivity contribution in [3.05, 3.63) is 47.7 Å². The van der Waals surface area contributed by atoms with E-state index in [-0.39, 0.29) is 11.3 Å². The van der Waals surface area contributed by atoms with Crippen LogP contribution in [0, 0.1) is 12.8 Å². The molecule has 1 atom stereocenters. The Hall–Kier alpha value is -2.63. The summed E-state index contributed by atoms with van der Waals surface area (Å²) in [6.45, 7) is 3.35. The van der Waals surface area contributed by atoms with E-state index >= 15 is 0 Å². The standard InChI is InChI=1S/C22H26N4O2/c1-15-24-21(25-28-15)22(12-16-7-8-16)9-4-10-26(14-22)20(27)11-17-13-23-19-6-3-2-5-18(17)19/h2-3,5-6,13,16,23H,4,7-12,14H2,1H3. The molecule has 2 aromatic heterocycles. The zero-order valence-corrected chi connectivity index (χ0v) is 16.3. The maximum absolute atomic E-state index is 13.2. The van der Waals surface area contributed by atoms with E-state index in [4.69, 9.17) is 4.52 Å². The van der Waals surface area contributed by atoms with E-state index in [1.807, 2.05) is 36.2 Å². The number of carbonyl (C=O) groups is 1. The number of fused-ring (bicyclic) bond motifs is 1. The minimum absolute atomic E-state index is 0.160. The molecule has 3 heterocycles. The molecular weight excluding hydrogens is 352 g/mol. The summed E-state index contributed by atoms with van der Waals surface area (Å²) in [7, 11) is 0. The van der Waals surface area contributed by atoms with Crippen LogP contribution in [-0.2, 0) is 16.6 Å². The number of nitrogens with zero attached hydrogens (tertiary/aromatic N) is 3. The van der Waals surface area contributed by atoms with Crippen molar-refractivity contribution in [1.29, 1.82) is 0 Å². The first-order valence-electron chi connectivity index (χ1n) is 10.3. The second kappa shape index (κ2) is 6.76. The van der Waals surface area contributed by atoms with Gasteiger partial charge in [-0.15, -0.1) is 0 Å². The number of aromatic nitrogens is 3. The second-order valence-electron chi connectivity index (χ2n) is 8.52. The highest BCUT2D eigenvalue weighted by molar-refractivity contribution is 5.89. The first-order valence-corrected chi connectivity index (χ1v) is 10.3. The fourth-order valence-corrected chi connectivity index (χ4v) is 4.73. The van der Waals surface area contributed by atoms with E-state index < -0.39 is 0 Å². The summed E-state index contributed by atoms with van der Waals surface area (Å²) in [5.74, 6) is 2.32. The van der Waals surface area contributed by atoms with Crippen molar-refractivity contribution in [2.75, 3.05) is 13.1 Å². The highest BCUT2D eigenvalue weighted by atomic mass is 16.5. The van der Waals surface area contributed by atoms with E-state index in [1.165, 1.54) is 12.8 Å². The summed E-state index contributed by atoms with van der Waals surface area (Å²) in [5, 5.41) is 5.40. The summed E-state index contributed by atoms with van der Waals surface area (Å²) in [5.41, 5.74) is 1.98. The SMILES string of the molecule is Cc1nc(C2(CC3CC3)CCCN(C(=O)Cc3c[nH]c4ccccc34)C2)no1. The summed E-state index contributed by atoms with van der Waals surface area (Å²) < 4.78 is 5.31. The Morgan fingerprint density at radius 2 is 2.21 bits per heavy atom. The largest absolute Gasteiger partial charge is 0.361 e. The Kier molecular flexibility index (Phi) is 4.22. The molecular formula is C22H26N4O2. The van der Waals surface area contributed by atoms with Crippen molar-refractivity contribution in [3.63, 3.8) is 0 Å². The molecule has 0 radical (unpaired) electrons. The van der Waals surface area contributed by atoms with E-state index in [1.54, 1.807) is 0 Å². The Labute approximate surface area is 164 Å². The quantitative estimate of drug-likeness (QED) is 0.733. The van der Waals surface area contributed by atoms with Crippen molar-refractivity contribution in [3.8, 4) is 0 Å². The number of H-pyrrole nitrogens is 1. The van der Waals surface area contributed by atoms with Crippen molar-refractivity contribution >= 4 is 16.8 Å². The van der Waals surface area contributed by atoms with Crippen LogP contribution in [0.3, 0.4) is 0 Å². The lowest BCUT2D eigenvalue weighted by molar-refractivity contribution is -0.133. The van der Waals surface area contributed by atoms with Crippen molar-refractivity contribution in [1.82, 2.24) is 20.0 Å². The number of hydrogen-bond acceptors (Lipinski definition) is 4. The van der Waals surface area contributed by atoms with Gasteiger partial charge in [-0.25, -0.2) is 0 Å². The van der Waals surface area contributed by atoms with Crippen LogP contribution in [0.4, 0.5) is 0 Å². The van der Waals surface area contributed by atoms with E-state index in [2.05, 4.69) is 21.2 Å². The van der Waals surface area contributed by atoms with Crippen molar-refractivity contribution in [2.45, 2.75) is 50.9 Å². The fourth-order valence-electron chi connectivity index (χ4n) is 4.73. The molecule has 1 unspecified atom stereocenters. The number of hydrogen-bond donors (Lipinski definition) is 1. The second-order valence-corrected chi connectivity index (χ2v) is 8.52. The monoisotopic (exact) mass is 378 g/mol. The van der Waals surface area contributed by atoms with Gasteiger partial charge in [0.1, 0.15) is 0 Å². The molecule has 2 aliphatic rings. The third-order valence-electron chi connectivity index (χ3n) is 6.32. The van der Waals surface area contributed by atoms with Crippen LogP contribution in [0.1, 0.15) is 49.4 Å². The fraction of sp³-hybridized carbons (Fsp3) is 0.500. The molecule has 1 saturated carbocycles. The zero-order chi connectivity index (χ0) is 19.1. The van der Waals surface area contributed by atoms with Gasteiger partial charge in [0.15, 0.2) is 5.82 Å². The highest BCUT2D eigenvalue weighted by Crippen LogP contribution is 2.45. The number of benzene rings is 1. The van der Waals surface area contributed by atoms with Crippen LogP contribution in [0.25, 0.3) is 10.9 Å². The smallest absolute Gasteiger partial charge is 0.227 e. The summed E-state index contributed by atoms with van der Waals surface area (Å²) >= 11 is 0. The summed E-state index contributed by atoms with van der Waals surface area (Å²) in [6, 6.07) is 8.14. The maximum atomic E-state index is 13.2. The number of para-hydroxylation sites is 1. The lowest BCUT2D eigenvalue weighted by Crippen LogP contribution is -2.49. The van der Waals surface area contributed by atoms with Crippen LogP contribution in [0.5, 0.6) is 0 Å². The first kappa shape index (κ1) is 17.5. The first-order chi connectivity index (χ1) is 13.6. The number of aryl methyl sites for hydroxylation is 1. The normalized spacial score (nSPS) is 22.7. The molecule has 1 amide bonds. The Morgan fingerprint density at radius 3 is 3.00 bits per heavy atom. The molecule has 1 saturated heterocycles. The molecule has 28 heavy (non-hydrogen) atoms. The number of piperidine rings is 1. The van der Waals surface area contributed by atoms with Gasteiger partial charge in [0, 0.05) is 37.1 Å². The Bertz CT molecular complexity index is 1000. The molecule has 6 heteroatoms. The molecule has 5 rings (SSSR count). The molecule has 146 valence electrons. The number of carbonyl (C=O) groups excluding carboxylic acids is 1. The molecule has 1 N–H and O–H groups in total. The van der Waals surface area contributed by atoms with Gasteiger partial charge in [0.05, 0.1) is 11.8 Å². The minimum atomic E-state index is -0.160. The topological polar surface area (TPSA) is 75.0 Å². The van der Waals surface area contributed by atoms with Crippen molar-refractivity contribution in [2.24, 2.45) is 5.92 Å². The van der Waals surface area contributed by atoms with Gasteiger partial charge in [-0.05, 0) is 36.8 Å². The number of nitrogens with one attached hydrogen (secondary N) is 1. The van der Waals surface area contributed by atoms with Gasteiger partial charge in [0.25, 0.3) is 0 Å². The maximum Gasteiger partial charge on any atom is 0.227 e. The molecule has 1 aliphatic heterocycles. The number of amides is 1. The summed E-state index contributed by atoms with van der Waals surface area (Å²) in [4.78, 5) is 23.1. The highest BCUT2D eigenvalue weighted by Gasteiger charge is 2.45. The van der Waals surface area contributed by atoms with Crippen molar-refractivity contribution < 1.29 is 9.32 Å². The van der Waals surface area contributed by atoms with Gasteiger partial charge in [-0.3, -0.25) is 4.79 Å². The molecule has 2 fully saturated rings. The van der Waals surface area contributed by atoms with E-state index in [9.17, 15) is 4.79 Å².